The summed E-state index contributed by atoms with van der Waals surface area (Å²) in [6.07, 6.45) is 4.18. The zero-order valence-electron chi connectivity index (χ0n) is 13.3. The molecule has 0 saturated carbocycles. The molecule has 0 saturated heterocycles. The molecule has 0 bridgehead atoms. The van der Waals surface area contributed by atoms with Crippen molar-refractivity contribution in [3.8, 4) is 0 Å². The Bertz CT molecular complexity index is 868. The van der Waals surface area contributed by atoms with Crippen molar-refractivity contribution < 1.29 is 14.6 Å². The fraction of sp³-hybridized carbons (Fsp3) is 0.278. The summed E-state index contributed by atoms with van der Waals surface area (Å²) in [5.74, 6) is -0.648. The molecule has 0 unspecified atom stereocenters. The first-order chi connectivity index (χ1) is 11.5. The lowest BCUT2D eigenvalue weighted by Crippen LogP contribution is -2.20. The number of nitrogens with zero attached hydrogens (tertiary/aromatic N) is 1. The summed E-state index contributed by atoms with van der Waals surface area (Å²) in [6, 6.07) is 6.17. The lowest BCUT2D eigenvalue weighted by molar-refractivity contribution is -0.136. The molecule has 1 aliphatic heterocycles. The van der Waals surface area contributed by atoms with Gasteiger partial charge in [0.15, 0.2) is 0 Å². The smallest absolute Gasteiger partial charge is 0.308 e. The van der Waals surface area contributed by atoms with Gasteiger partial charge in [0.2, 0.25) is 0 Å². The molecule has 1 aromatic heterocycles. The normalized spacial score (nSPS) is 13.9. The Morgan fingerprint density at radius 1 is 1.38 bits per heavy atom. The van der Waals surface area contributed by atoms with E-state index in [2.05, 4.69) is 22.1 Å². The van der Waals surface area contributed by atoms with Gasteiger partial charge in [0.05, 0.1) is 19.6 Å². The molecule has 24 heavy (non-hydrogen) atoms. The molecule has 1 aromatic carbocycles. The van der Waals surface area contributed by atoms with Gasteiger partial charge in [-0.3, -0.25) is 9.59 Å². The molecule has 0 spiro atoms. The van der Waals surface area contributed by atoms with Crippen molar-refractivity contribution in [2.24, 2.45) is 0 Å². The maximum atomic E-state index is 12.0. The van der Waals surface area contributed by atoms with Crippen molar-refractivity contribution in [3.63, 3.8) is 0 Å². The van der Waals surface area contributed by atoms with Crippen molar-refractivity contribution in [2.45, 2.75) is 26.4 Å². The first-order valence-corrected chi connectivity index (χ1v) is 7.72. The van der Waals surface area contributed by atoms with Crippen LogP contribution in [0.1, 0.15) is 33.8 Å². The average Bonchev–Trinajstić information content (AvgIpc) is 2.56. The SMILES string of the molecule is Cc1nc(/C=C/c2ccc3c(c2)COCC3)[nH]c(=O)c1CC(=O)O. The first-order valence-electron chi connectivity index (χ1n) is 7.72. The number of aryl methyl sites for hydroxylation is 1. The van der Waals surface area contributed by atoms with Gasteiger partial charge in [-0.1, -0.05) is 18.2 Å². The molecular formula is C18H18N2O4. The molecule has 2 heterocycles. The number of carboxylic acid groups (broad SMARTS) is 1. The summed E-state index contributed by atoms with van der Waals surface area (Å²) in [4.78, 5) is 29.6. The third-order valence-electron chi connectivity index (χ3n) is 4.01. The van der Waals surface area contributed by atoms with Crippen LogP contribution in [0.3, 0.4) is 0 Å². The van der Waals surface area contributed by atoms with E-state index in [1.165, 1.54) is 11.1 Å². The van der Waals surface area contributed by atoms with E-state index in [0.717, 1.165) is 18.6 Å². The van der Waals surface area contributed by atoms with Crippen LogP contribution in [0.15, 0.2) is 23.0 Å². The predicted octanol–water partition coefficient (Wildman–Crippen LogP) is 1.95. The molecule has 124 valence electrons. The second-order valence-corrected chi connectivity index (χ2v) is 5.75. The Balaban J connectivity index is 1.84. The number of hydrogen-bond acceptors (Lipinski definition) is 4. The number of aromatic nitrogens is 2. The third kappa shape index (κ3) is 3.60. The van der Waals surface area contributed by atoms with Crippen LogP contribution >= 0.6 is 0 Å². The van der Waals surface area contributed by atoms with E-state index >= 15 is 0 Å². The number of benzene rings is 1. The van der Waals surface area contributed by atoms with Crippen molar-refractivity contribution in [1.82, 2.24) is 9.97 Å². The number of aliphatic carboxylic acids is 1. The van der Waals surface area contributed by atoms with Gasteiger partial charge in [-0.05, 0) is 42.2 Å². The van der Waals surface area contributed by atoms with Gasteiger partial charge in [-0.15, -0.1) is 0 Å². The summed E-state index contributed by atoms with van der Waals surface area (Å²) < 4.78 is 5.46. The number of ether oxygens (including phenoxy) is 1. The van der Waals surface area contributed by atoms with E-state index < -0.39 is 11.5 Å². The average molecular weight is 326 g/mol. The molecule has 3 rings (SSSR count). The lowest BCUT2D eigenvalue weighted by Gasteiger charge is -2.16. The van der Waals surface area contributed by atoms with E-state index in [4.69, 9.17) is 9.84 Å². The molecule has 0 fully saturated rings. The highest BCUT2D eigenvalue weighted by Crippen LogP contribution is 2.19. The van der Waals surface area contributed by atoms with E-state index in [1.807, 2.05) is 12.1 Å². The van der Waals surface area contributed by atoms with Crippen LogP contribution in [-0.4, -0.2) is 27.7 Å². The molecule has 0 amide bonds. The Hall–Kier alpha value is -2.73. The van der Waals surface area contributed by atoms with Crippen LogP contribution in [-0.2, 0) is 29.0 Å². The standard InChI is InChI=1S/C18H18N2O4/c1-11-15(9-17(21)22)18(23)20-16(19-11)5-3-12-2-4-13-6-7-24-10-14(13)8-12/h2-5,8H,6-7,9-10H2,1H3,(H,21,22)(H,19,20,23)/b5-3+. The first kappa shape index (κ1) is 16.1. The zero-order valence-corrected chi connectivity index (χ0v) is 13.3. The van der Waals surface area contributed by atoms with Crippen LogP contribution < -0.4 is 5.56 Å². The number of carbonyl (C=O) groups is 1. The van der Waals surface area contributed by atoms with Gasteiger partial charge in [0.1, 0.15) is 5.82 Å². The Morgan fingerprint density at radius 3 is 2.96 bits per heavy atom. The van der Waals surface area contributed by atoms with E-state index in [0.29, 0.717) is 18.1 Å². The van der Waals surface area contributed by atoms with Crippen molar-refractivity contribution in [3.05, 3.63) is 62.3 Å². The minimum absolute atomic E-state index is 0.186. The minimum atomic E-state index is -1.05. The van der Waals surface area contributed by atoms with Crippen LogP contribution in [0.2, 0.25) is 0 Å². The molecular weight excluding hydrogens is 308 g/mol. The number of rotatable bonds is 4. The molecule has 2 N–H and O–H groups in total. The topological polar surface area (TPSA) is 92.3 Å². The van der Waals surface area contributed by atoms with Gasteiger partial charge >= 0.3 is 5.97 Å². The quantitative estimate of drug-likeness (QED) is 0.896. The van der Waals surface area contributed by atoms with E-state index in [-0.39, 0.29) is 12.0 Å². The summed E-state index contributed by atoms with van der Waals surface area (Å²) in [7, 11) is 0. The second-order valence-electron chi connectivity index (χ2n) is 5.75. The minimum Gasteiger partial charge on any atom is -0.481 e. The third-order valence-corrected chi connectivity index (χ3v) is 4.01. The number of aromatic amines is 1. The van der Waals surface area contributed by atoms with Gasteiger partial charge in [-0.25, -0.2) is 4.98 Å². The van der Waals surface area contributed by atoms with Crippen molar-refractivity contribution in [2.75, 3.05) is 6.61 Å². The Morgan fingerprint density at radius 2 is 2.21 bits per heavy atom. The summed E-state index contributed by atoms with van der Waals surface area (Å²) >= 11 is 0. The molecule has 2 aromatic rings. The fourth-order valence-corrected chi connectivity index (χ4v) is 2.74. The fourth-order valence-electron chi connectivity index (χ4n) is 2.74. The monoisotopic (exact) mass is 326 g/mol. The zero-order chi connectivity index (χ0) is 17.1. The van der Waals surface area contributed by atoms with Crippen LogP contribution in [0.5, 0.6) is 0 Å². The number of H-pyrrole nitrogens is 1. The Labute approximate surface area is 138 Å². The molecule has 0 radical (unpaired) electrons. The van der Waals surface area contributed by atoms with Crippen LogP contribution in [0.4, 0.5) is 0 Å². The second kappa shape index (κ2) is 6.80. The van der Waals surface area contributed by atoms with Crippen molar-refractivity contribution in [1.29, 1.82) is 0 Å². The highest BCUT2D eigenvalue weighted by molar-refractivity contribution is 5.71. The maximum Gasteiger partial charge on any atom is 0.308 e. The summed E-state index contributed by atoms with van der Waals surface area (Å²) in [5.41, 5.74) is 3.68. The largest absolute Gasteiger partial charge is 0.481 e. The van der Waals surface area contributed by atoms with Gasteiger partial charge in [0, 0.05) is 11.3 Å². The Kier molecular flexibility index (Phi) is 4.57. The number of carboxylic acids is 1. The van der Waals surface area contributed by atoms with Gasteiger partial charge < -0.3 is 14.8 Å². The number of nitrogens with one attached hydrogen (secondary N) is 1. The summed E-state index contributed by atoms with van der Waals surface area (Å²) in [5, 5.41) is 8.83. The molecule has 6 heteroatoms. The molecule has 1 aliphatic rings. The summed E-state index contributed by atoms with van der Waals surface area (Å²) in [6.45, 7) is 3.02. The number of fused-ring (bicyclic) bond motifs is 1. The van der Waals surface area contributed by atoms with E-state index in [1.54, 1.807) is 13.0 Å². The number of hydrogen-bond donors (Lipinski definition) is 2. The van der Waals surface area contributed by atoms with Crippen LogP contribution in [0, 0.1) is 6.92 Å². The highest BCUT2D eigenvalue weighted by atomic mass is 16.5. The predicted molar refractivity (Wildman–Crippen MR) is 89.7 cm³/mol. The molecule has 0 atom stereocenters. The highest BCUT2D eigenvalue weighted by Gasteiger charge is 2.11. The van der Waals surface area contributed by atoms with Gasteiger partial charge in [0.25, 0.3) is 5.56 Å². The van der Waals surface area contributed by atoms with Crippen molar-refractivity contribution >= 4 is 18.1 Å². The molecule has 0 aliphatic carbocycles. The lowest BCUT2D eigenvalue weighted by atomic mass is 10.0. The maximum absolute atomic E-state index is 12.0. The molecule has 6 nitrogen and oxygen atoms in total. The van der Waals surface area contributed by atoms with Gasteiger partial charge in [-0.2, -0.15) is 0 Å². The van der Waals surface area contributed by atoms with E-state index in [9.17, 15) is 9.59 Å². The van der Waals surface area contributed by atoms with Crippen LogP contribution in [0.25, 0.3) is 12.2 Å².